The molecular formula is C17H25N3O2. The molecule has 1 aromatic carbocycles. The molecule has 2 rings (SSSR count). The summed E-state index contributed by atoms with van der Waals surface area (Å²) in [6.45, 7) is 3.14. The van der Waals surface area contributed by atoms with E-state index < -0.39 is 0 Å². The Labute approximate surface area is 131 Å². The normalized spacial score (nSPS) is 19.5. The Morgan fingerprint density at radius 2 is 2.09 bits per heavy atom. The van der Waals surface area contributed by atoms with Crippen LogP contribution in [0.4, 0.5) is 4.79 Å². The third-order valence-corrected chi connectivity index (χ3v) is 4.19. The van der Waals surface area contributed by atoms with Crippen molar-refractivity contribution in [2.75, 3.05) is 13.1 Å². The number of nitrogens with zero attached hydrogens (tertiary/aromatic N) is 1. The summed E-state index contributed by atoms with van der Waals surface area (Å²) >= 11 is 0. The van der Waals surface area contributed by atoms with Gasteiger partial charge in [-0.3, -0.25) is 4.79 Å². The Morgan fingerprint density at radius 3 is 2.77 bits per heavy atom. The van der Waals surface area contributed by atoms with Crippen LogP contribution in [0, 0.1) is 5.92 Å². The molecule has 0 aromatic heterocycles. The van der Waals surface area contributed by atoms with E-state index in [2.05, 4.69) is 17.4 Å². The van der Waals surface area contributed by atoms with Crippen molar-refractivity contribution in [3.8, 4) is 0 Å². The summed E-state index contributed by atoms with van der Waals surface area (Å²) < 4.78 is 0. The molecule has 0 aliphatic carbocycles. The van der Waals surface area contributed by atoms with Crippen molar-refractivity contribution < 1.29 is 9.59 Å². The fraction of sp³-hybridized carbons (Fsp3) is 0.529. The number of hydrogen-bond acceptors (Lipinski definition) is 2. The smallest absolute Gasteiger partial charge is 0.317 e. The fourth-order valence-electron chi connectivity index (χ4n) is 2.80. The number of hydrogen-bond donors (Lipinski definition) is 2. The highest BCUT2D eigenvalue weighted by Gasteiger charge is 2.27. The molecule has 1 aromatic rings. The summed E-state index contributed by atoms with van der Waals surface area (Å²) in [7, 11) is 0. The highest BCUT2D eigenvalue weighted by atomic mass is 16.2. The third kappa shape index (κ3) is 4.76. The number of likely N-dealkylation sites (tertiary alicyclic amines) is 1. The van der Waals surface area contributed by atoms with E-state index >= 15 is 0 Å². The van der Waals surface area contributed by atoms with Gasteiger partial charge in [0, 0.05) is 19.1 Å². The Bertz CT molecular complexity index is 504. The molecule has 1 heterocycles. The zero-order chi connectivity index (χ0) is 15.9. The van der Waals surface area contributed by atoms with E-state index in [1.807, 2.05) is 25.1 Å². The van der Waals surface area contributed by atoms with Crippen molar-refractivity contribution in [3.05, 3.63) is 35.9 Å². The van der Waals surface area contributed by atoms with Gasteiger partial charge in [-0.1, -0.05) is 30.3 Å². The lowest BCUT2D eigenvalue weighted by molar-refractivity contribution is -0.123. The number of carbonyl (C=O) groups is 2. The fourth-order valence-corrected chi connectivity index (χ4v) is 2.80. The molecule has 5 heteroatoms. The molecule has 120 valence electrons. The van der Waals surface area contributed by atoms with Gasteiger partial charge in [0.05, 0.1) is 5.92 Å². The Balaban J connectivity index is 1.77. The maximum atomic E-state index is 12.3. The molecule has 3 N–H and O–H groups in total. The zero-order valence-corrected chi connectivity index (χ0v) is 13.1. The first-order valence-electron chi connectivity index (χ1n) is 7.95. The second kappa shape index (κ2) is 7.82. The van der Waals surface area contributed by atoms with Crippen molar-refractivity contribution in [2.45, 2.75) is 38.6 Å². The van der Waals surface area contributed by atoms with E-state index in [-0.39, 0.29) is 23.9 Å². The molecule has 1 aliphatic heterocycles. The van der Waals surface area contributed by atoms with Crippen LogP contribution in [0.2, 0.25) is 0 Å². The summed E-state index contributed by atoms with van der Waals surface area (Å²) in [5, 5.41) is 3.01. The zero-order valence-electron chi connectivity index (χ0n) is 13.1. The average Bonchev–Trinajstić information content (AvgIpc) is 2.54. The molecule has 5 nitrogen and oxygen atoms in total. The van der Waals surface area contributed by atoms with Crippen LogP contribution < -0.4 is 11.1 Å². The number of primary amides is 1. The lowest BCUT2D eigenvalue weighted by atomic mass is 9.98. The van der Waals surface area contributed by atoms with Gasteiger partial charge >= 0.3 is 6.03 Å². The van der Waals surface area contributed by atoms with Gasteiger partial charge in [-0.05, 0) is 38.2 Å². The first-order valence-corrected chi connectivity index (χ1v) is 7.95. The Kier molecular flexibility index (Phi) is 5.81. The van der Waals surface area contributed by atoms with E-state index in [0.717, 1.165) is 25.7 Å². The first-order chi connectivity index (χ1) is 10.6. The van der Waals surface area contributed by atoms with Crippen molar-refractivity contribution in [1.29, 1.82) is 0 Å². The number of benzene rings is 1. The predicted molar refractivity (Wildman–Crippen MR) is 86.2 cm³/mol. The van der Waals surface area contributed by atoms with Crippen LogP contribution >= 0.6 is 0 Å². The maximum absolute atomic E-state index is 12.3. The van der Waals surface area contributed by atoms with Gasteiger partial charge in [0.25, 0.3) is 0 Å². The van der Waals surface area contributed by atoms with Gasteiger partial charge in [0.15, 0.2) is 0 Å². The molecule has 2 atom stereocenters. The number of piperidine rings is 1. The van der Waals surface area contributed by atoms with E-state index in [1.165, 1.54) is 5.56 Å². The average molecular weight is 303 g/mol. The van der Waals surface area contributed by atoms with Gasteiger partial charge in [0.1, 0.15) is 0 Å². The molecule has 0 bridgehead atoms. The standard InChI is InChI=1S/C17H25N3O2/c1-13(9-10-14-6-3-2-4-7-14)19-17(22)20-11-5-8-15(12-20)16(18)21/h2-4,6-7,13,15H,5,8-12H2,1H3,(H2,18,21)(H,19,22). The van der Waals surface area contributed by atoms with Crippen molar-refractivity contribution in [2.24, 2.45) is 11.7 Å². The first kappa shape index (κ1) is 16.3. The van der Waals surface area contributed by atoms with Crippen molar-refractivity contribution in [1.82, 2.24) is 10.2 Å². The summed E-state index contributed by atoms with van der Waals surface area (Å²) in [4.78, 5) is 25.2. The molecule has 3 amide bonds. The molecule has 2 unspecified atom stereocenters. The highest BCUT2D eigenvalue weighted by molar-refractivity contribution is 5.79. The quantitative estimate of drug-likeness (QED) is 0.872. The third-order valence-electron chi connectivity index (χ3n) is 4.19. The number of urea groups is 1. The number of rotatable bonds is 5. The number of amides is 3. The Hall–Kier alpha value is -2.04. The van der Waals surface area contributed by atoms with Gasteiger partial charge in [0.2, 0.25) is 5.91 Å². The lowest BCUT2D eigenvalue weighted by Crippen LogP contribution is -2.50. The second-order valence-electron chi connectivity index (χ2n) is 6.06. The summed E-state index contributed by atoms with van der Waals surface area (Å²) in [6.07, 6.45) is 3.44. The summed E-state index contributed by atoms with van der Waals surface area (Å²) in [6, 6.07) is 10.2. The summed E-state index contributed by atoms with van der Waals surface area (Å²) in [5.74, 6) is -0.520. The summed E-state index contributed by atoms with van der Waals surface area (Å²) in [5.41, 5.74) is 6.62. The maximum Gasteiger partial charge on any atom is 0.317 e. The predicted octanol–water partition coefficient (Wildman–Crippen LogP) is 1.91. The van der Waals surface area contributed by atoms with Crippen molar-refractivity contribution in [3.63, 3.8) is 0 Å². The van der Waals surface area contributed by atoms with Crippen LogP contribution in [0.5, 0.6) is 0 Å². The van der Waals surface area contributed by atoms with Crippen LogP contribution in [-0.2, 0) is 11.2 Å². The topological polar surface area (TPSA) is 75.4 Å². The molecule has 1 aliphatic rings. The van der Waals surface area contributed by atoms with Gasteiger partial charge in [-0.25, -0.2) is 4.79 Å². The highest BCUT2D eigenvalue weighted by Crippen LogP contribution is 2.16. The molecule has 0 radical (unpaired) electrons. The molecule has 0 saturated carbocycles. The van der Waals surface area contributed by atoms with Crippen LogP contribution in [0.3, 0.4) is 0 Å². The largest absolute Gasteiger partial charge is 0.369 e. The van der Waals surface area contributed by atoms with Crippen LogP contribution in [-0.4, -0.2) is 36.0 Å². The lowest BCUT2D eigenvalue weighted by Gasteiger charge is -2.32. The number of nitrogens with one attached hydrogen (secondary N) is 1. The SMILES string of the molecule is CC(CCc1ccccc1)NC(=O)N1CCCC(C(N)=O)C1. The molecular weight excluding hydrogens is 278 g/mol. The molecule has 0 spiro atoms. The van der Waals surface area contributed by atoms with Gasteiger partial charge < -0.3 is 16.0 Å². The number of aryl methyl sites for hydroxylation is 1. The minimum Gasteiger partial charge on any atom is -0.369 e. The minimum absolute atomic E-state index is 0.0912. The molecule has 1 fully saturated rings. The van der Waals surface area contributed by atoms with Gasteiger partial charge in [-0.2, -0.15) is 0 Å². The van der Waals surface area contributed by atoms with Crippen LogP contribution in [0.1, 0.15) is 31.7 Å². The van der Waals surface area contributed by atoms with E-state index in [0.29, 0.717) is 13.1 Å². The molecule has 1 saturated heterocycles. The number of carbonyl (C=O) groups excluding carboxylic acids is 2. The monoisotopic (exact) mass is 303 g/mol. The van der Waals surface area contributed by atoms with E-state index in [1.54, 1.807) is 4.90 Å². The van der Waals surface area contributed by atoms with Crippen molar-refractivity contribution >= 4 is 11.9 Å². The second-order valence-corrected chi connectivity index (χ2v) is 6.06. The van der Waals surface area contributed by atoms with E-state index in [9.17, 15) is 9.59 Å². The van der Waals surface area contributed by atoms with E-state index in [4.69, 9.17) is 5.73 Å². The Morgan fingerprint density at radius 1 is 1.36 bits per heavy atom. The van der Waals surface area contributed by atoms with Crippen LogP contribution in [0.25, 0.3) is 0 Å². The van der Waals surface area contributed by atoms with Gasteiger partial charge in [-0.15, -0.1) is 0 Å². The number of nitrogens with two attached hydrogens (primary N) is 1. The molecule has 22 heavy (non-hydrogen) atoms. The minimum atomic E-state index is -0.311. The van der Waals surface area contributed by atoms with Crippen LogP contribution in [0.15, 0.2) is 30.3 Å².